The molecule has 1 saturated heterocycles. The van der Waals surface area contributed by atoms with Crippen LogP contribution in [-0.2, 0) is 0 Å². The maximum Gasteiger partial charge on any atom is 0.130 e. The summed E-state index contributed by atoms with van der Waals surface area (Å²) < 4.78 is 0. The molecule has 16 heavy (non-hydrogen) atoms. The highest BCUT2D eigenvalue weighted by Gasteiger charge is 2.16. The smallest absolute Gasteiger partial charge is 0.130 e. The van der Waals surface area contributed by atoms with Crippen LogP contribution in [-0.4, -0.2) is 18.1 Å². The molecule has 0 aliphatic carbocycles. The van der Waals surface area contributed by atoms with Crippen molar-refractivity contribution in [1.82, 2.24) is 4.98 Å². The van der Waals surface area contributed by atoms with Gasteiger partial charge in [0, 0.05) is 13.1 Å². The van der Waals surface area contributed by atoms with Crippen LogP contribution in [0.4, 0.5) is 11.6 Å². The zero-order valence-electron chi connectivity index (χ0n) is 10.0. The van der Waals surface area contributed by atoms with E-state index in [1.165, 1.54) is 25.7 Å². The number of nitrogens with two attached hydrogens (primary N) is 1. The topological polar surface area (TPSA) is 42.1 Å². The van der Waals surface area contributed by atoms with Gasteiger partial charge in [-0.15, -0.1) is 0 Å². The van der Waals surface area contributed by atoms with Gasteiger partial charge in [-0.1, -0.05) is 19.4 Å². The Hall–Kier alpha value is -1.25. The minimum absolute atomic E-state index is 0.619. The predicted octanol–water partition coefficient (Wildman–Crippen LogP) is 2.68. The van der Waals surface area contributed by atoms with Crippen LogP contribution in [0, 0.1) is 5.92 Å². The lowest BCUT2D eigenvalue weighted by atomic mass is 9.98. The van der Waals surface area contributed by atoms with Gasteiger partial charge in [0.15, 0.2) is 0 Å². The molecule has 3 heteroatoms. The Balaban J connectivity index is 2.04. The third kappa shape index (κ3) is 2.65. The van der Waals surface area contributed by atoms with E-state index in [0.717, 1.165) is 24.8 Å². The third-order valence-electron chi connectivity index (χ3n) is 3.50. The molecular formula is C13H21N3. The Kier molecular flexibility index (Phi) is 3.65. The first kappa shape index (κ1) is 11.2. The van der Waals surface area contributed by atoms with Crippen LogP contribution in [0.2, 0.25) is 0 Å². The highest BCUT2D eigenvalue weighted by atomic mass is 15.2. The number of nitrogen functional groups attached to an aromatic ring is 1. The highest BCUT2D eigenvalue weighted by Crippen LogP contribution is 2.23. The van der Waals surface area contributed by atoms with Crippen LogP contribution in [0.25, 0.3) is 0 Å². The first-order chi connectivity index (χ1) is 7.79. The summed E-state index contributed by atoms with van der Waals surface area (Å²) in [6.07, 6.45) is 5.22. The second-order valence-electron chi connectivity index (χ2n) is 4.61. The van der Waals surface area contributed by atoms with Crippen LogP contribution in [0.5, 0.6) is 0 Å². The Labute approximate surface area is 97.7 Å². The monoisotopic (exact) mass is 219 g/mol. The van der Waals surface area contributed by atoms with Gasteiger partial charge in [0.05, 0.1) is 0 Å². The molecule has 3 nitrogen and oxygen atoms in total. The van der Waals surface area contributed by atoms with Gasteiger partial charge in [0.25, 0.3) is 0 Å². The zero-order valence-corrected chi connectivity index (χ0v) is 10.0. The summed E-state index contributed by atoms with van der Waals surface area (Å²) in [5.41, 5.74) is 5.72. The summed E-state index contributed by atoms with van der Waals surface area (Å²) in [4.78, 5) is 6.76. The molecule has 2 rings (SSSR count). The number of aromatic nitrogens is 1. The minimum Gasteiger partial charge on any atom is -0.384 e. The number of hydrogen-bond donors (Lipinski definition) is 1. The molecular weight excluding hydrogens is 198 g/mol. The van der Waals surface area contributed by atoms with Gasteiger partial charge in [-0.2, -0.15) is 0 Å². The van der Waals surface area contributed by atoms with Crippen LogP contribution in [0.15, 0.2) is 18.2 Å². The third-order valence-corrected chi connectivity index (χ3v) is 3.50. The summed E-state index contributed by atoms with van der Waals surface area (Å²) in [6, 6.07) is 5.89. The average molecular weight is 219 g/mol. The molecule has 1 aromatic heterocycles. The Morgan fingerprint density at radius 3 is 3.00 bits per heavy atom. The van der Waals surface area contributed by atoms with E-state index in [1.54, 1.807) is 0 Å². The first-order valence-electron chi connectivity index (χ1n) is 6.27. The number of anilines is 2. The maximum atomic E-state index is 5.72. The molecule has 1 atom stereocenters. The van der Waals surface area contributed by atoms with Gasteiger partial charge in [-0.05, 0) is 37.3 Å². The van der Waals surface area contributed by atoms with Crippen molar-refractivity contribution >= 4 is 11.6 Å². The summed E-state index contributed by atoms with van der Waals surface area (Å²) in [5.74, 6) is 2.55. The summed E-state index contributed by atoms with van der Waals surface area (Å²) in [5, 5.41) is 0. The fraction of sp³-hybridized carbons (Fsp3) is 0.615. The van der Waals surface area contributed by atoms with Gasteiger partial charge < -0.3 is 10.6 Å². The van der Waals surface area contributed by atoms with E-state index in [2.05, 4.69) is 22.9 Å². The van der Waals surface area contributed by atoms with Crippen molar-refractivity contribution in [3.05, 3.63) is 18.2 Å². The largest absolute Gasteiger partial charge is 0.384 e. The van der Waals surface area contributed by atoms with Crippen molar-refractivity contribution < 1.29 is 0 Å². The molecule has 0 saturated carbocycles. The lowest BCUT2D eigenvalue weighted by molar-refractivity contribution is 0.459. The van der Waals surface area contributed by atoms with E-state index < -0.39 is 0 Å². The molecule has 1 fully saturated rings. The van der Waals surface area contributed by atoms with Crippen molar-refractivity contribution in [3.63, 3.8) is 0 Å². The Bertz CT molecular complexity index is 338. The Morgan fingerprint density at radius 1 is 1.38 bits per heavy atom. The SMILES string of the molecule is CCC1CCCN(c2cccc(N)n2)CC1. The fourth-order valence-electron chi connectivity index (χ4n) is 2.42. The molecule has 0 aromatic carbocycles. The summed E-state index contributed by atoms with van der Waals surface area (Å²) in [6.45, 7) is 4.53. The summed E-state index contributed by atoms with van der Waals surface area (Å²) in [7, 11) is 0. The van der Waals surface area contributed by atoms with Crippen molar-refractivity contribution in [1.29, 1.82) is 0 Å². The lowest BCUT2D eigenvalue weighted by Crippen LogP contribution is -2.25. The van der Waals surface area contributed by atoms with Crippen LogP contribution in [0.1, 0.15) is 32.6 Å². The lowest BCUT2D eigenvalue weighted by Gasteiger charge is -2.21. The molecule has 0 radical (unpaired) electrons. The van der Waals surface area contributed by atoms with Gasteiger partial charge >= 0.3 is 0 Å². The second-order valence-corrected chi connectivity index (χ2v) is 4.61. The minimum atomic E-state index is 0.619. The van der Waals surface area contributed by atoms with Gasteiger partial charge in [0.2, 0.25) is 0 Å². The first-order valence-corrected chi connectivity index (χ1v) is 6.27. The molecule has 88 valence electrons. The standard InChI is InChI=1S/C13H21N3/c1-2-11-5-4-9-16(10-8-11)13-7-3-6-12(14)15-13/h3,6-7,11H,2,4-5,8-10H2,1H3,(H2,14,15). The fourth-order valence-corrected chi connectivity index (χ4v) is 2.42. The zero-order chi connectivity index (χ0) is 11.4. The quantitative estimate of drug-likeness (QED) is 0.831. The van der Waals surface area contributed by atoms with E-state index in [1.807, 2.05) is 12.1 Å². The van der Waals surface area contributed by atoms with Gasteiger partial charge in [0.1, 0.15) is 11.6 Å². The van der Waals surface area contributed by atoms with E-state index in [-0.39, 0.29) is 0 Å². The predicted molar refractivity (Wildman–Crippen MR) is 68.5 cm³/mol. The Morgan fingerprint density at radius 2 is 2.25 bits per heavy atom. The van der Waals surface area contributed by atoms with Crippen LogP contribution >= 0.6 is 0 Å². The van der Waals surface area contributed by atoms with Crippen molar-refractivity contribution in [2.24, 2.45) is 5.92 Å². The molecule has 1 aromatic rings. The molecule has 1 unspecified atom stereocenters. The van der Waals surface area contributed by atoms with Gasteiger partial charge in [-0.25, -0.2) is 4.98 Å². The maximum absolute atomic E-state index is 5.72. The molecule has 0 spiro atoms. The molecule has 2 heterocycles. The second kappa shape index (κ2) is 5.19. The van der Waals surface area contributed by atoms with Crippen LogP contribution < -0.4 is 10.6 Å². The van der Waals surface area contributed by atoms with Crippen LogP contribution in [0.3, 0.4) is 0 Å². The molecule has 0 amide bonds. The van der Waals surface area contributed by atoms with E-state index in [9.17, 15) is 0 Å². The molecule has 2 N–H and O–H groups in total. The van der Waals surface area contributed by atoms with E-state index in [4.69, 9.17) is 5.73 Å². The number of rotatable bonds is 2. The normalized spacial score (nSPS) is 21.8. The number of pyridine rings is 1. The summed E-state index contributed by atoms with van der Waals surface area (Å²) >= 11 is 0. The highest BCUT2D eigenvalue weighted by molar-refractivity contribution is 5.44. The van der Waals surface area contributed by atoms with Crippen molar-refractivity contribution in [3.8, 4) is 0 Å². The van der Waals surface area contributed by atoms with E-state index in [0.29, 0.717) is 5.82 Å². The average Bonchev–Trinajstić information content (AvgIpc) is 2.54. The number of hydrogen-bond acceptors (Lipinski definition) is 3. The van der Waals surface area contributed by atoms with Crippen molar-refractivity contribution in [2.45, 2.75) is 32.6 Å². The van der Waals surface area contributed by atoms with Crippen molar-refractivity contribution in [2.75, 3.05) is 23.7 Å². The molecule has 1 aliphatic rings. The van der Waals surface area contributed by atoms with E-state index >= 15 is 0 Å². The molecule has 0 bridgehead atoms. The molecule has 1 aliphatic heterocycles. The van der Waals surface area contributed by atoms with Gasteiger partial charge in [-0.3, -0.25) is 0 Å². The number of nitrogens with zero attached hydrogens (tertiary/aromatic N) is 2.